The molecular weight excluding hydrogens is 420 g/mol. The predicted molar refractivity (Wildman–Crippen MR) is 120 cm³/mol. The Labute approximate surface area is 186 Å². The Morgan fingerprint density at radius 1 is 1.20 bits per heavy atom. The minimum atomic E-state index is -0.355. The van der Waals surface area contributed by atoms with Crippen LogP contribution in [0.25, 0.3) is 5.69 Å². The molecule has 0 saturated heterocycles. The molecule has 1 aromatic heterocycles. The topological polar surface area (TPSA) is 69.0 Å². The lowest BCUT2D eigenvalue weighted by atomic mass is 10.1. The van der Waals surface area contributed by atoms with Crippen molar-refractivity contribution in [3.8, 4) is 5.69 Å². The van der Waals surface area contributed by atoms with Gasteiger partial charge in [-0.3, -0.25) is 9.36 Å². The zero-order valence-corrected chi connectivity index (χ0v) is 19.0. The summed E-state index contributed by atoms with van der Waals surface area (Å²) in [6.45, 7) is 5.98. The average Bonchev–Trinajstić information content (AvgIpc) is 3.13. The Balaban J connectivity index is 1.98. The first-order valence-electron chi connectivity index (χ1n) is 9.58. The van der Waals surface area contributed by atoms with Crippen molar-refractivity contribution in [1.29, 1.82) is 0 Å². The van der Waals surface area contributed by atoms with Crippen molar-refractivity contribution in [3.63, 3.8) is 0 Å². The molecule has 0 radical (unpaired) electrons. The Morgan fingerprint density at radius 3 is 2.70 bits per heavy atom. The number of ether oxygens (including phenoxy) is 1. The van der Waals surface area contributed by atoms with Gasteiger partial charge in [-0.15, -0.1) is 10.2 Å². The molecule has 1 unspecified atom stereocenters. The third-order valence-corrected chi connectivity index (χ3v) is 5.94. The highest BCUT2D eigenvalue weighted by atomic mass is 35.5. The van der Waals surface area contributed by atoms with Gasteiger partial charge in [0, 0.05) is 17.9 Å². The van der Waals surface area contributed by atoms with Crippen LogP contribution < -0.4 is 5.32 Å². The second-order valence-corrected chi connectivity index (χ2v) is 8.42. The standard InChI is InChI=1S/C22H25ClN4O2S/c1-14-7-5-6-8-17(14)13-30-22-26-25-21(16(3)24-20(28)12-29-4)27(22)19-11-18(23)10-9-15(19)2/h5-11,16H,12-13H2,1-4H3,(H,24,28). The van der Waals surface area contributed by atoms with Gasteiger partial charge < -0.3 is 10.1 Å². The van der Waals surface area contributed by atoms with Crippen molar-refractivity contribution >= 4 is 29.3 Å². The summed E-state index contributed by atoms with van der Waals surface area (Å²) in [4.78, 5) is 12.0. The maximum Gasteiger partial charge on any atom is 0.246 e. The quantitative estimate of drug-likeness (QED) is 0.512. The normalized spacial score (nSPS) is 12.0. The van der Waals surface area contributed by atoms with Crippen molar-refractivity contribution in [2.24, 2.45) is 0 Å². The van der Waals surface area contributed by atoms with E-state index in [0.717, 1.165) is 22.2 Å². The summed E-state index contributed by atoms with van der Waals surface area (Å²) in [5.41, 5.74) is 4.40. The van der Waals surface area contributed by atoms with E-state index in [1.54, 1.807) is 11.8 Å². The zero-order valence-electron chi connectivity index (χ0n) is 17.5. The molecule has 0 saturated carbocycles. The molecule has 8 heteroatoms. The first-order chi connectivity index (χ1) is 14.4. The Morgan fingerprint density at radius 2 is 1.97 bits per heavy atom. The fourth-order valence-electron chi connectivity index (χ4n) is 3.10. The van der Waals surface area contributed by atoms with Gasteiger partial charge in [0.05, 0.1) is 11.7 Å². The monoisotopic (exact) mass is 444 g/mol. The SMILES string of the molecule is COCC(=O)NC(C)c1nnc(SCc2ccccc2C)n1-c1cc(Cl)ccc1C. The number of hydrogen-bond acceptors (Lipinski definition) is 5. The average molecular weight is 445 g/mol. The van der Waals surface area contributed by atoms with E-state index >= 15 is 0 Å². The molecule has 0 aliphatic rings. The van der Waals surface area contributed by atoms with E-state index in [0.29, 0.717) is 10.8 Å². The summed E-state index contributed by atoms with van der Waals surface area (Å²) in [5, 5.41) is 13.1. The molecule has 0 aliphatic carbocycles. The minimum absolute atomic E-state index is 0.0104. The number of aromatic nitrogens is 3. The number of methoxy groups -OCH3 is 1. The van der Waals surface area contributed by atoms with Gasteiger partial charge in [-0.25, -0.2) is 0 Å². The van der Waals surface area contributed by atoms with Crippen molar-refractivity contribution in [2.45, 2.75) is 37.7 Å². The summed E-state index contributed by atoms with van der Waals surface area (Å²) in [5.74, 6) is 1.18. The van der Waals surface area contributed by atoms with Gasteiger partial charge in [0.25, 0.3) is 0 Å². The number of carbonyl (C=O) groups excluding carboxylic acids is 1. The van der Waals surface area contributed by atoms with E-state index in [1.165, 1.54) is 18.2 Å². The number of aryl methyl sites for hydroxylation is 2. The van der Waals surface area contributed by atoms with Crippen LogP contribution in [-0.2, 0) is 15.3 Å². The van der Waals surface area contributed by atoms with E-state index in [2.05, 4.69) is 34.6 Å². The van der Waals surface area contributed by atoms with Gasteiger partial charge in [-0.2, -0.15) is 0 Å². The number of carbonyl (C=O) groups is 1. The highest BCUT2D eigenvalue weighted by Crippen LogP contribution is 2.30. The molecule has 1 amide bonds. The molecule has 1 atom stereocenters. The fourth-order valence-corrected chi connectivity index (χ4v) is 4.29. The lowest BCUT2D eigenvalue weighted by Crippen LogP contribution is -2.31. The molecule has 158 valence electrons. The predicted octanol–water partition coefficient (Wildman–Crippen LogP) is 4.65. The van der Waals surface area contributed by atoms with Crippen molar-refractivity contribution in [1.82, 2.24) is 20.1 Å². The number of nitrogens with one attached hydrogen (secondary N) is 1. The summed E-state index contributed by atoms with van der Waals surface area (Å²) in [7, 11) is 1.49. The van der Waals surface area contributed by atoms with Crippen LogP contribution in [0.5, 0.6) is 0 Å². The van der Waals surface area contributed by atoms with E-state index in [9.17, 15) is 4.79 Å². The van der Waals surface area contributed by atoms with E-state index in [1.807, 2.05) is 48.7 Å². The van der Waals surface area contributed by atoms with Gasteiger partial charge in [0.1, 0.15) is 6.61 Å². The first-order valence-corrected chi connectivity index (χ1v) is 10.9. The molecule has 3 aromatic rings. The molecule has 30 heavy (non-hydrogen) atoms. The number of halogens is 1. The summed E-state index contributed by atoms with van der Waals surface area (Å²) in [6, 6.07) is 13.6. The van der Waals surface area contributed by atoms with Crippen molar-refractivity contribution in [2.75, 3.05) is 13.7 Å². The second kappa shape index (κ2) is 10.1. The van der Waals surface area contributed by atoms with Crippen molar-refractivity contribution < 1.29 is 9.53 Å². The van der Waals surface area contributed by atoms with Crippen LogP contribution in [-0.4, -0.2) is 34.4 Å². The number of benzene rings is 2. The molecule has 0 aliphatic heterocycles. The van der Waals surface area contributed by atoms with Crippen LogP contribution in [0, 0.1) is 13.8 Å². The first kappa shape index (κ1) is 22.3. The lowest BCUT2D eigenvalue weighted by molar-refractivity contribution is -0.125. The van der Waals surface area contributed by atoms with Crippen LogP contribution in [0.4, 0.5) is 0 Å². The molecule has 6 nitrogen and oxygen atoms in total. The maximum absolute atomic E-state index is 12.0. The Kier molecular flexibility index (Phi) is 7.53. The third-order valence-electron chi connectivity index (χ3n) is 4.73. The minimum Gasteiger partial charge on any atom is -0.375 e. The number of thioether (sulfide) groups is 1. The van der Waals surface area contributed by atoms with E-state index < -0.39 is 0 Å². The second-order valence-electron chi connectivity index (χ2n) is 7.04. The van der Waals surface area contributed by atoms with Crippen LogP contribution in [0.2, 0.25) is 5.02 Å². The van der Waals surface area contributed by atoms with Gasteiger partial charge in [-0.05, 0) is 49.6 Å². The van der Waals surface area contributed by atoms with Crippen LogP contribution in [0.15, 0.2) is 47.6 Å². The van der Waals surface area contributed by atoms with E-state index in [-0.39, 0.29) is 18.6 Å². The zero-order chi connectivity index (χ0) is 21.7. The molecule has 1 N–H and O–H groups in total. The lowest BCUT2D eigenvalue weighted by Gasteiger charge is -2.18. The number of nitrogens with zero attached hydrogens (tertiary/aromatic N) is 3. The molecular formula is C22H25ClN4O2S. The molecule has 0 spiro atoms. The summed E-state index contributed by atoms with van der Waals surface area (Å²) >= 11 is 7.89. The van der Waals surface area contributed by atoms with E-state index in [4.69, 9.17) is 16.3 Å². The maximum atomic E-state index is 12.0. The summed E-state index contributed by atoms with van der Waals surface area (Å²) < 4.78 is 6.89. The molecule has 3 rings (SSSR count). The van der Waals surface area contributed by atoms with Gasteiger partial charge in [-0.1, -0.05) is 53.7 Å². The number of rotatable bonds is 8. The molecule has 2 aromatic carbocycles. The highest BCUT2D eigenvalue weighted by Gasteiger charge is 2.22. The van der Waals surface area contributed by atoms with Crippen LogP contribution in [0.1, 0.15) is 35.5 Å². The van der Waals surface area contributed by atoms with Crippen LogP contribution >= 0.6 is 23.4 Å². The molecule has 0 fully saturated rings. The largest absolute Gasteiger partial charge is 0.375 e. The number of hydrogen-bond donors (Lipinski definition) is 1. The van der Waals surface area contributed by atoms with Gasteiger partial charge in [0.2, 0.25) is 5.91 Å². The Hall–Kier alpha value is -2.35. The third kappa shape index (κ3) is 5.22. The fraction of sp³-hybridized carbons (Fsp3) is 0.318. The Bertz CT molecular complexity index is 1040. The number of amides is 1. The van der Waals surface area contributed by atoms with Crippen LogP contribution in [0.3, 0.4) is 0 Å². The van der Waals surface area contributed by atoms with Gasteiger partial charge in [0.15, 0.2) is 11.0 Å². The smallest absolute Gasteiger partial charge is 0.246 e. The van der Waals surface area contributed by atoms with Gasteiger partial charge >= 0.3 is 0 Å². The molecule has 1 heterocycles. The molecule has 0 bridgehead atoms. The summed E-state index contributed by atoms with van der Waals surface area (Å²) in [6.07, 6.45) is 0. The van der Waals surface area contributed by atoms with Crippen molar-refractivity contribution in [3.05, 3.63) is 70.0 Å². The highest BCUT2D eigenvalue weighted by molar-refractivity contribution is 7.98.